The number of amides is 2. The van der Waals surface area contributed by atoms with Gasteiger partial charge in [-0.3, -0.25) is 19.1 Å². The van der Waals surface area contributed by atoms with E-state index in [1.807, 2.05) is 0 Å². The van der Waals surface area contributed by atoms with Crippen LogP contribution in [0.25, 0.3) is 0 Å². The molecule has 0 radical (unpaired) electrons. The summed E-state index contributed by atoms with van der Waals surface area (Å²) < 4.78 is 1.53. The third kappa shape index (κ3) is 3.28. The summed E-state index contributed by atoms with van der Waals surface area (Å²) in [7, 11) is 1.69. The van der Waals surface area contributed by atoms with E-state index in [9.17, 15) is 14.4 Å². The maximum atomic E-state index is 12.4. The lowest BCUT2D eigenvalue weighted by molar-refractivity contribution is -0.125. The van der Waals surface area contributed by atoms with Crippen LogP contribution < -0.4 is 11.1 Å². The standard InChI is InChI=1S/C16H18N4O3/c1-9-12(10(2)20(3)19-9)14(21)16(23)18-13(15(17)22)11-7-5-4-6-8-11/h4-8,13H,1-3H3,(H2,17,22)(H,18,23). The van der Waals surface area contributed by atoms with Crippen LogP contribution in [0.2, 0.25) is 0 Å². The molecule has 0 saturated carbocycles. The molecule has 0 spiro atoms. The molecule has 23 heavy (non-hydrogen) atoms. The predicted molar refractivity (Wildman–Crippen MR) is 83.5 cm³/mol. The quantitative estimate of drug-likeness (QED) is 0.621. The summed E-state index contributed by atoms with van der Waals surface area (Å²) in [5.41, 5.74) is 7.13. The third-order valence-electron chi connectivity index (χ3n) is 3.64. The number of carbonyl (C=O) groups excluding carboxylic acids is 3. The monoisotopic (exact) mass is 314 g/mol. The molecule has 0 fully saturated rings. The molecular formula is C16H18N4O3. The van der Waals surface area contributed by atoms with Crippen LogP contribution in [0.4, 0.5) is 0 Å². The first-order valence-corrected chi connectivity index (χ1v) is 7.02. The topological polar surface area (TPSA) is 107 Å². The van der Waals surface area contributed by atoms with Gasteiger partial charge in [0, 0.05) is 12.7 Å². The summed E-state index contributed by atoms with van der Waals surface area (Å²) >= 11 is 0. The van der Waals surface area contributed by atoms with Crippen molar-refractivity contribution in [2.24, 2.45) is 12.8 Å². The number of benzene rings is 1. The van der Waals surface area contributed by atoms with E-state index in [0.717, 1.165) is 0 Å². The second kappa shape index (κ2) is 6.43. The molecule has 2 aromatic rings. The Kier molecular flexibility index (Phi) is 4.59. The Morgan fingerprint density at radius 3 is 2.26 bits per heavy atom. The Bertz CT molecular complexity index is 765. The molecule has 1 heterocycles. The van der Waals surface area contributed by atoms with Crippen LogP contribution in [-0.4, -0.2) is 27.4 Å². The van der Waals surface area contributed by atoms with Gasteiger partial charge in [-0.2, -0.15) is 5.10 Å². The Hall–Kier alpha value is -2.96. The highest BCUT2D eigenvalue weighted by Gasteiger charge is 2.28. The van der Waals surface area contributed by atoms with Gasteiger partial charge in [0.1, 0.15) is 6.04 Å². The van der Waals surface area contributed by atoms with Gasteiger partial charge in [0.25, 0.3) is 11.7 Å². The van der Waals surface area contributed by atoms with E-state index >= 15 is 0 Å². The van der Waals surface area contributed by atoms with Crippen molar-refractivity contribution in [1.82, 2.24) is 15.1 Å². The van der Waals surface area contributed by atoms with Crippen molar-refractivity contribution >= 4 is 17.6 Å². The average Bonchev–Trinajstić information content (AvgIpc) is 2.77. The first kappa shape index (κ1) is 16.4. The summed E-state index contributed by atoms with van der Waals surface area (Å²) in [6.07, 6.45) is 0. The second-order valence-corrected chi connectivity index (χ2v) is 5.22. The number of Topliss-reactive ketones (excluding diaryl/α,β-unsaturated/α-hetero) is 1. The number of aromatic nitrogens is 2. The molecule has 1 aromatic heterocycles. The lowest BCUT2D eigenvalue weighted by Gasteiger charge is -2.15. The Labute approximate surface area is 133 Å². The van der Waals surface area contributed by atoms with Crippen molar-refractivity contribution < 1.29 is 14.4 Å². The van der Waals surface area contributed by atoms with Crippen LogP contribution in [-0.2, 0) is 16.6 Å². The number of nitrogens with one attached hydrogen (secondary N) is 1. The Morgan fingerprint density at radius 1 is 1.17 bits per heavy atom. The van der Waals surface area contributed by atoms with E-state index < -0.39 is 23.6 Å². The van der Waals surface area contributed by atoms with Crippen molar-refractivity contribution in [1.29, 1.82) is 0 Å². The van der Waals surface area contributed by atoms with Gasteiger partial charge in [-0.15, -0.1) is 0 Å². The number of carbonyl (C=O) groups is 3. The molecule has 2 amide bonds. The van der Waals surface area contributed by atoms with Crippen LogP contribution in [0.3, 0.4) is 0 Å². The predicted octanol–water partition coefficient (Wildman–Crippen LogP) is 0.562. The zero-order valence-electron chi connectivity index (χ0n) is 13.2. The van der Waals surface area contributed by atoms with Gasteiger partial charge < -0.3 is 11.1 Å². The van der Waals surface area contributed by atoms with Gasteiger partial charge in [0.15, 0.2) is 0 Å². The molecule has 0 bridgehead atoms. The lowest BCUT2D eigenvalue weighted by atomic mass is 10.0. The SMILES string of the molecule is Cc1nn(C)c(C)c1C(=O)C(=O)NC(C(N)=O)c1ccccc1. The van der Waals surface area contributed by atoms with Gasteiger partial charge >= 0.3 is 0 Å². The maximum absolute atomic E-state index is 12.4. The van der Waals surface area contributed by atoms with Gasteiger partial charge in [-0.05, 0) is 19.4 Å². The molecule has 2 rings (SSSR count). The van der Waals surface area contributed by atoms with E-state index in [-0.39, 0.29) is 5.56 Å². The zero-order chi connectivity index (χ0) is 17.1. The first-order chi connectivity index (χ1) is 10.8. The second-order valence-electron chi connectivity index (χ2n) is 5.22. The fourth-order valence-electron chi connectivity index (χ4n) is 2.38. The number of rotatable bonds is 5. The molecule has 0 aliphatic rings. The molecule has 1 aromatic carbocycles. The molecule has 7 nitrogen and oxygen atoms in total. The van der Waals surface area contributed by atoms with Gasteiger partial charge in [-0.25, -0.2) is 0 Å². The average molecular weight is 314 g/mol. The van der Waals surface area contributed by atoms with E-state index in [2.05, 4.69) is 10.4 Å². The van der Waals surface area contributed by atoms with Gasteiger partial charge in [0.2, 0.25) is 5.91 Å². The highest BCUT2D eigenvalue weighted by molar-refractivity contribution is 6.43. The molecule has 0 aliphatic heterocycles. The van der Waals surface area contributed by atoms with Crippen LogP contribution in [0.1, 0.15) is 33.4 Å². The smallest absolute Gasteiger partial charge is 0.293 e. The van der Waals surface area contributed by atoms with Crippen LogP contribution >= 0.6 is 0 Å². The number of hydrogen-bond acceptors (Lipinski definition) is 4. The number of hydrogen-bond donors (Lipinski definition) is 2. The summed E-state index contributed by atoms with van der Waals surface area (Å²) in [6.45, 7) is 3.35. The van der Waals surface area contributed by atoms with Crippen LogP contribution in [0.15, 0.2) is 30.3 Å². The zero-order valence-corrected chi connectivity index (χ0v) is 13.2. The van der Waals surface area contributed by atoms with Crippen molar-refractivity contribution in [3.63, 3.8) is 0 Å². The number of ketones is 1. The largest absolute Gasteiger partial charge is 0.368 e. The fraction of sp³-hybridized carbons (Fsp3) is 0.250. The summed E-state index contributed by atoms with van der Waals surface area (Å²) in [6, 6.07) is 7.45. The van der Waals surface area contributed by atoms with E-state index in [4.69, 9.17) is 5.73 Å². The molecule has 0 aliphatic carbocycles. The summed E-state index contributed by atoms with van der Waals surface area (Å²) in [5, 5.41) is 6.51. The highest BCUT2D eigenvalue weighted by atomic mass is 16.2. The number of aryl methyl sites for hydroxylation is 2. The van der Waals surface area contributed by atoms with Gasteiger partial charge in [0.05, 0.1) is 11.3 Å². The molecule has 3 N–H and O–H groups in total. The Morgan fingerprint density at radius 2 is 1.78 bits per heavy atom. The molecule has 1 atom stereocenters. The van der Waals surface area contributed by atoms with Crippen molar-refractivity contribution in [3.05, 3.63) is 52.8 Å². The molecular weight excluding hydrogens is 296 g/mol. The van der Waals surface area contributed by atoms with Crippen LogP contribution in [0, 0.1) is 13.8 Å². The molecule has 0 saturated heterocycles. The number of primary amides is 1. The third-order valence-corrected chi connectivity index (χ3v) is 3.64. The Balaban J connectivity index is 2.26. The number of nitrogens with zero attached hydrogens (tertiary/aromatic N) is 2. The van der Waals surface area contributed by atoms with Gasteiger partial charge in [-0.1, -0.05) is 30.3 Å². The highest BCUT2D eigenvalue weighted by Crippen LogP contribution is 2.15. The van der Waals surface area contributed by atoms with E-state index in [1.54, 1.807) is 51.2 Å². The van der Waals surface area contributed by atoms with E-state index in [0.29, 0.717) is 17.0 Å². The lowest BCUT2D eigenvalue weighted by Crippen LogP contribution is -2.41. The minimum atomic E-state index is -1.06. The minimum Gasteiger partial charge on any atom is -0.368 e. The number of nitrogens with two attached hydrogens (primary N) is 1. The van der Waals surface area contributed by atoms with E-state index in [1.165, 1.54) is 4.68 Å². The maximum Gasteiger partial charge on any atom is 0.293 e. The van der Waals surface area contributed by atoms with Crippen molar-refractivity contribution in [3.8, 4) is 0 Å². The van der Waals surface area contributed by atoms with Crippen LogP contribution in [0.5, 0.6) is 0 Å². The molecule has 7 heteroatoms. The minimum absolute atomic E-state index is 0.237. The molecule has 1 unspecified atom stereocenters. The molecule has 120 valence electrons. The summed E-state index contributed by atoms with van der Waals surface area (Å²) in [5.74, 6) is -2.37. The van der Waals surface area contributed by atoms with Crippen molar-refractivity contribution in [2.45, 2.75) is 19.9 Å². The first-order valence-electron chi connectivity index (χ1n) is 7.02. The summed E-state index contributed by atoms with van der Waals surface area (Å²) in [4.78, 5) is 36.2. The van der Waals surface area contributed by atoms with Crippen molar-refractivity contribution in [2.75, 3.05) is 0 Å². The fourth-order valence-corrected chi connectivity index (χ4v) is 2.38. The normalized spacial score (nSPS) is 11.8.